The first-order valence-corrected chi connectivity index (χ1v) is 12.0. The topological polar surface area (TPSA) is 47.6 Å². The first-order chi connectivity index (χ1) is 12.8. The monoisotopic (exact) mass is 384 g/mol. The summed E-state index contributed by atoms with van der Waals surface area (Å²) in [5, 5.41) is 18.8. The molecule has 0 unspecified atom stereocenters. The van der Waals surface area contributed by atoms with Crippen molar-refractivity contribution in [3.05, 3.63) is 23.3 Å². The van der Waals surface area contributed by atoms with Gasteiger partial charge in [0.15, 0.2) is 0 Å². The summed E-state index contributed by atoms with van der Waals surface area (Å²) in [5.41, 5.74) is 1.06. The molecule has 0 N–H and O–H groups in total. The largest absolute Gasteiger partial charge is 0.192 e. The number of hydrogen-bond acceptors (Lipinski definition) is 4. The third-order valence-corrected chi connectivity index (χ3v) is 8.43. The van der Waals surface area contributed by atoms with Gasteiger partial charge in [-0.3, -0.25) is 0 Å². The van der Waals surface area contributed by atoms with Crippen LogP contribution in [0.25, 0.3) is 0 Å². The van der Waals surface area contributed by atoms with Gasteiger partial charge in [0.1, 0.15) is 12.1 Å². The van der Waals surface area contributed by atoms with Crippen LogP contribution in [0.2, 0.25) is 0 Å². The summed E-state index contributed by atoms with van der Waals surface area (Å²) in [7, 11) is 0. The van der Waals surface area contributed by atoms with E-state index in [9.17, 15) is 10.5 Å². The lowest BCUT2D eigenvalue weighted by atomic mass is 9.91. The SMILES string of the molecule is N#Cc1cc(SCC2CCCCC2)c(SCC2CCCCC2)cc1C#N. The molecule has 2 fully saturated rings. The van der Waals surface area contributed by atoms with E-state index < -0.39 is 0 Å². The van der Waals surface area contributed by atoms with E-state index in [0.717, 1.165) is 23.3 Å². The summed E-state index contributed by atoms with van der Waals surface area (Å²) in [5.74, 6) is 3.92. The van der Waals surface area contributed by atoms with Gasteiger partial charge < -0.3 is 0 Å². The highest BCUT2D eigenvalue weighted by Gasteiger charge is 2.18. The molecule has 1 aromatic rings. The standard InChI is InChI=1S/C22H28N2S2/c23-13-19-11-21(25-15-17-7-3-1-4-8-17)22(12-20(19)14-24)26-16-18-9-5-2-6-10-18/h11-12,17-18H,1-10,15-16H2. The predicted molar refractivity (Wildman–Crippen MR) is 110 cm³/mol. The van der Waals surface area contributed by atoms with Crippen LogP contribution in [0.1, 0.15) is 75.3 Å². The fourth-order valence-electron chi connectivity index (χ4n) is 4.09. The van der Waals surface area contributed by atoms with Crippen LogP contribution in [-0.4, -0.2) is 11.5 Å². The maximum atomic E-state index is 9.40. The normalized spacial score (nSPS) is 19.0. The third-order valence-electron chi connectivity index (χ3n) is 5.72. The summed E-state index contributed by atoms with van der Waals surface area (Å²) < 4.78 is 0. The fourth-order valence-corrected chi connectivity index (χ4v) is 6.75. The summed E-state index contributed by atoms with van der Waals surface area (Å²) in [4.78, 5) is 2.43. The number of rotatable bonds is 6. The van der Waals surface area contributed by atoms with Crippen molar-refractivity contribution >= 4 is 23.5 Å². The number of nitrogens with zero attached hydrogens (tertiary/aromatic N) is 2. The zero-order valence-corrected chi connectivity index (χ0v) is 17.1. The van der Waals surface area contributed by atoms with Crippen molar-refractivity contribution in [1.29, 1.82) is 10.5 Å². The average molecular weight is 385 g/mol. The lowest BCUT2D eigenvalue weighted by Gasteiger charge is -2.23. The van der Waals surface area contributed by atoms with Gasteiger partial charge in [0, 0.05) is 21.3 Å². The maximum absolute atomic E-state index is 9.40. The lowest BCUT2D eigenvalue weighted by Crippen LogP contribution is -2.09. The molecule has 2 nitrogen and oxygen atoms in total. The Kier molecular flexibility index (Phi) is 7.78. The quantitative estimate of drug-likeness (QED) is 0.507. The van der Waals surface area contributed by atoms with E-state index in [4.69, 9.17) is 0 Å². The first kappa shape index (κ1) is 19.7. The van der Waals surface area contributed by atoms with Crippen LogP contribution in [-0.2, 0) is 0 Å². The van der Waals surface area contributed by atoms with Gasteiger partial charge in [0.2, 0.25) is 0 Å². The molecule has 2 saturated carbocycles. The first-order valence-electron chi connectivity index (χ1n) is 10.0. The second-order valence-electron chi connectivity index (χ2n) is 7.70. The van der Waals surface area contributed by atoms with Crippen molar-refractivity contribution < 1.29 is 0 Å². The van der Waals surface area contributed by atoms with Crippen LogP contribution in [0.4, 0.5) is 0 Å². The average Bonchev–Trinajstić information content (AvgIpc) is 2.72. The molecule has 0 spiro atoms. The molecule has 26 heavy (non-hydrogen) atoms. The Hall–Kier alpha value is -1.10. The van der Waals surface area contributed by atoms with Gasteiger partial charge >= 0.3 is 0 Å². The van der Waals surface area contributed by atoms with Gasteiger partial charge in [0.05, 0.1) is 11.1 Å². The summed E-state index contributed by atoms with van der Waals surface area (Å²) in [6.07, 6.45) is 13.6. The van der Waals surface area contributed by atoms with E-state index >= 15 is 0 Å². The number of nitriles is 2. The van der Waals surface area contributed by atoms with Crippen molar-refractivity contribution in [2.45, 2.75) is 74.0 Å². The van der Waals surface area contributed by atoms with Crippen LogP contribution in [0, 0.1) is 34.5 Å². The molecule has 0 saturated heterocycles. The molecule has 0 heterocycles. The van der Waals surface area contributed by atoms with Crippen LogP contribution in [0.3, 0.4) is 0 Å². The molecule has 3 rings (SSSR count). The van der Waals surface area contributed by atoms with E-state index in [0.29, 0.717) is 11.1 Å². The van der Waals surface area contributed by atoms with Crippen molar-refractivity contribution in [3.8, 4) is 12.1 Å². The van der Waals surface area contributed by atoms with Gasteiger partial charge in [-0.05, 0) is 49.7 Å². The Bertz CT molecular complexity index is 616. The predicted octanol–water partition coefficient (Wildman–Crippen LogP) is 6.77. The number of hydrogen-bond donors (Lipinski definition) is 0. The van der Waals surface area contributed by atoms with Crippen molar-refractivity contribution in [1.82, 2.24) is 0 Å². The second-order valence-corrected chi connectivity index (χ2v) is 9.82. The van der Waals surface area contributed by atoms with Gasteiger partial charge in [-0.15, -0.1) is 23.5 Å². The third kappa shape index (κ3) is 5.45. The Labute approximate surface area is 166 Å². The minimum absolute atomic E-state index is 0.528. The molecule has 1 aromatic carbocycles. The van der Waals surface area contributed by atoms with Gasteiger partial charge in [0.25, 0.3) is 0 Å². The van der Waals surface area contributed by atoms with Crippen LogP contribution in [0.5, 0.6) is 0 Å². The van der Waals surface area contributed by atoms with Gasteiger partial charge in [-0.2, -0.15) is 10.5 Å². The minimum atomic E-state index is 0.528. The molecule has 0 radical (unpaired) electrons. The molecule has 2 aliphatic carbocycles. The van der Waals surface area contributed by atoms with Crippen molar-refractivity contribution in [2.75, 3.05) is 11.5 Å². The molecule has 0 amide bonds. The maximum Gasteiger partial charge on any atom is 0.101 e. The Balaban J connectivity index is 1.71. The highest BCUT2D eigenvalue weighted by Crippen LogP contribution is 2.38. The highest BCUT2D eigenvalue weighted by atomic mass is 32.2. The fraction of sp³-hybridized carbons (Fsp3) is 0.636. The molecule has 4 heteroatoms. The van der Waals surface area contributed by atoms with Crippen LogP contribution < -0.4 is 0 Å². The molecule has 0 bridgehead atoms. The van der Waals surface area contributed by atoms with Crippen molar-refractivity contribution in [2.24, 2.45) is 11.8 Å². The zero-order chi connectivity index (χ0) is 18.2. The van der Waals surface area contributed by atoms with Crippen molar-refractivity contribution in [3.63, 3.8) is 0 Å². The molecule has 2 aliphatic rings. The van der Waals surface area contributed by atoms with E-state index in [1.54, 1.807) is 0 Å². The van der Waals surface area contributed by atoms with Crippen LogP contribution >= 0.6 is 23.5 Å². The summed E-state index contributed by atoms with van der Waals surface area (Å²) in [6, 6.07) is 8.36. The summed E-state index contributed by atoms with van der Waals surface area (Å²) in [6.45, 7) is 0. The second kappa shape index (κ2) is 10.3. The summed E-state index contributed by atoms with van der Waals surface area (Å²) >= 11 is 3.82. The molecular formula is C22H28N2S2. The molecule has 138 valence electrons. The van der Waals surface area contributed by atoms with Gasteiger partial charge in [-0.1, -0.05) is 38.5 Å². The number of thioether (sulfide) groups is 2. The molecule has 0 aliphatic heterocycles. The van der Waals surface area contributed by atoms with E-state index in [1.165, 1.54) is 74.0 Å². The van der Waals surface area contributed by atoms with E-state index in [1.807, 2.05) is 35.7 Å². The molecular weight excluding hydrogens is 356 g/mol. The Morgan fingerprint density at radius 1 is 0.692 bits per heavy atom. The zero-order valence-electron chi connectivity index (χ0n) is 15.5. The lowest BCUT2D eigenvalue weighted by molar-refractivity contribution is 0.390. The Morgan fingerprint density at radius 2 is 1.08 bits per heavy atom. The van der Waals surface area contributed by atoms with E-state index in [2.05, 4.69) is 12.1 Å². The highest BCUT2D eigenvalue weighted by molar-refractivity contribution is 8.02. The minimum Gasteiger partial charge on any atom is -0.192 e. The van der Waals surface area contributed by atoms with Crippen LogP contribution in [0.15, 0.2) is 21.9 Å². The Morgan fingerprint density at radius 3 is 1.42 bits per heavy atom. The molecule has 0 atom stereocenters. The smallest absolute Gasteiger partial charge is 0.101 e. The van der Waals surface area contributed by atoms with Gasteiger partial charge in [-0.25, -0.2) is 0 Å². The van der Waals surface area contributed by atoms with E-state index in [-0.39, 0.29) is 0 Å². The molecule has 0 aromatic heterocycles. The number of benzene rings is 1.